The number of carbonyl (C=O) groups excluding carboxylic acids is 1. The summed E-state index contributed by atoms with van der Waals surface area (Å²) < 4.78 is 0. The fraction of sp³-hybridized carbons (Fsp3) is 0.417. The highest BCUT2D eigenvalue weighted by molar-refractivity contribution is 7.99. The van der Waals surface area contributed by atoms with Gasteiger partial charge in [0.15, 0.2) is 5.78 Å². The SMILES string of the molecule is CCCSc1ccc(C)cc1C(C)=O. The van der Waals surface area contributed by atoms with Gasteiger partial charge in [-0.2, -0.15) is 0 Å². The highest BCUT2D eigenvalue weighted by atomic mass is 32.2. The topological polar surface area (TPSA) is 17.1 Å². The molecule has 0 amide bonds. The first-order valence-corrected chi connectivity index (χ1v) is 5.88. The largest absolute Gasteiger partial charge is 0.294 e. The number of hydrogen-bond acceptors (Lipinski definition) is 2. The van der Waals surface area contributed by atoms with Crippen LogP contribution in [0.5, 0.6) is 0 Å². The Kier molecular flexibility index (Phi) is 4.21. The minimum Gasteiger partial charge on any atom is -0.294 e. The fourth-order valence-corrected chi connectivity index (χ4v) is 2.20. The molecule has 0 aromatic heterocycles. The van der Waals surface area contributed by atoms with Gasteiger partial charge >= 0.3 is 0 Å². The van der Waals surface area contributed by atoms with Crippen LogP contribution in [0.15, 0.2) is 23.1 Å². The Bertz CT molecular complexity index is 331. The highest BCUT2D eigenvalue weighted by Crippen LogP contribution is 2.24. The zero-order valence-corrected chi connectivity index (χ0v) is 9.78. The van der Waals surface area contributed by atoms with Gasteiger partial charge in [0.25, 0.3) is 0 Å². The van der Waals surface area contributed by atoms with E-state index in [0.29, 0.717) is 0 Å². The summed E-state index contributed by atoms with van der Waals surface area (Å²) in [5.74, 6) is 1.23. The number of hydrogen-bond donors (Lipinski definition) is 0. The van der Waals surface area contributed by atoms with Crippen LogP contribution in [0, 0.1) is 6.92 Å². The molecule has 0 saturated carbocycles. The molecule has 0 bridgehead atoms. The van der Waals surface area contributed by atoms with Crippen molar-refractivity contribution in [2.24, 2.45) is 0 Å². The maximum Gasteiger partial charge on any atom is 0.160 e. The minimum absolute atomic E-state index is 0.160. The molecule has 2 heteroatoms. The van der Waals surface area contributed by atoms with E-state index in [1.54, 1.807) is 18.7 Å². The van der Waals surface area contributed by atoms with Crippen molar-refractivity contribution in [1.82, 2.24) is 0 Å². The van der Waals surface area contributed by atoms with Crippen LogP contribution < -0.4 is 0 Å². The van der Waals surface area contributed by atoms with Crippen molar-refractivity contribution >= 4 is 17.5 Å². The molecule has 0 saturated heterocycles. The zero-order chi connectivity index (χ0) is 10.6. The summed E-state index contributed by atoms with van der Waals surface area (Å²) in [6, 6.07) is 6.08. The number of Topliss-reactive ketones (excluding diaryl/α,β-unsaturated/α-hetero) is 1. The zero-order valence-electron chi connectivity index (χ0n) is 8.96. The summed E-state index contributed by atoms with van der Waals surface area (Å²) in [7, 11) is 0. The van der Waals surface area contributed by atoms with Crippen LogP contribution in [0.1, 0.15) is 36.2 Å². The molecule has 0 aliphatic rings. The molecule has 0 N–H and O–H groups in total. The lowest BCUT2D eigenvalue weighted by molar-refractivity contribution is 0.101. The molecule has 14 heavy (non-hydrogen) atoms. The van der Waals surface area contributed by atoms with Gasteiger partial charge in [-0.05, 0) is 38.2 Å². The van der Waals surface area contributed by atoms with E-state index in [0.717, 1.165) is 28.2 Å². The number of benzene rings is 1. The summed E-state index contributed by atoms with van der Waals surface area (Å²) in [5.41, 5.74) is 2.01. The average molecular weight is 208 g/mol. The third-order valence-corrected chi connectivity index (χ3v) is 3.26. The molecule has 0 unspecified atom stereocenters. The first-order valence-electron chi connectivity index (χ1n) is 4.89. The first-order chi connectivity index (χ1) is 6.65. The third kappa shape index (κ3) is 2.88. The molecule has 0 spiro atoms. The van der Waals surface area contributed by atoms with E-state index in [1.807, 2.05) is 19.1 Å². The second-order valence-electron chi connectivity index (χ2n) is 3.40. The van der Waals surface area contributed by atoms with E-state index in [9.17, 15) is 4.79 Å². The van der Waals surface area contributed by atoms with Crippen molar-refractivity contribution in [2.45, 2.75) is 32.1 Å². The van der Waals surface area contributed by atoms with Crippen molar-refractivity contribution in [3.63, 3.8) is 0 Å². The van der Waals surface area contributed by atoms with Gasteiger partial charge in [0.05, 0.1) is 0 Å². The second kappa shape index (κ2) is 5.20. The Morgan fingerprint density at radius 3 is 2.71 bits per heavy atom. The van der Waals surface area contributed by atoms with Crippen LogP contribution >= 0.6 is 11.8 Å². The molecule has 1 rings (SSSR count). The lowest BCUT2D eigenvalue weighted by atomic mass is 10.1. The van der Waals surface area contributed by atoms with Crippen LogP contribution in [-0.2, 0) is 0 Å². The lowest BCUT2D eigenvalue weighted by Crippen LogP contribution is -1.96. The van der Waals surface area contributed by atoms with Gasteiger partial charge < -0.3 is 0 Å². The van der Waals surface area contributed by atoms with Gasteiger partial charge in [0.1, 0.15) is 0 Å². The van der Waals surface area contributed by atoms with Crippen LogP contribution in [0.25, 0.3) is 0 Å². The standard InChI is InChI=1S/C12H16OS/c1-4-7-14-12-6-5-9(2)8-11(12)10(3)13/h5-6,8H,4,7H2,1-3H3. The second-order valence-corrected chi connectivity index (χ2v) is 4.54. The summed E-state index contributed by atoms with van der Waals surface area (Å²) in [6.07, 6.45) is 1.13. The summed E-state index contributed by atoms with van der Waals surface area (Å²) in [6.45, 7) is 5.79. The average Bonchev–Trinajstić information content (AvgIpc) is 2.15. The van der Waals surface area contributed by atoms with Gasteiger partial charge in [-0.3, -0.25) is 4.79 Å². The van der Waals surface area contributed by atoms with Crippen LogP contribution in [0.3, 0.4) is 0 Å². The Morgan fingerprint density at radius 2 is 2.14 bits per heavy atom. The Balaban J connectivity index is 2.96. The highest BCUT2D eigenvalue weighted by Gasteiger charge is 2.06. The summed E-state index contributed by atoms with van der Waals surface area (Å²) in [4.78, 5) is 12.5. The molecule has 1 aromatic rings. The maximum atomic E-state index is 11.4. The van der Waals surface area contributed by atoms with Crippen LogP contribution in [0.2, 0.25) is 0 Å². The molecule has 0 radical (unpaired) electrons. The molecule has 1 nitrogen and oxygen atoms in total. The normalized spacial score (nSPS) is 10.2. The van der Waals surface area contributed by atoms with Gasteiger partial charge in [-0.1, -0.05) is 18.6 Å². The Morgan fingerprint density at radius 1 is 1.43 bits per heavy atom. The van der Waals surface area contributed by atoms with E-state index < -0.39 is 0 Å². The molecule has 1 aromatic carbocycles. The van der Waals surface area contributed by atoms with Gasteiger partial charge in [0, 0.05) is 10.5 Å². The van der Waals surface area contributed by atoms with Gasteiger partial charge in [-0.25, -0.2) is 0 Å². The first kappa shape index (κ1) is 11.3. The van der Waals surface area contributed by atoms with E-state index in [1.165, 1.54) is 0 Å². The van der Waals surface area contributed by atoms with E-state index in [4.69, 9.17) is 0 Å². The lowest BCUT2D eigenvalue weighted by Gasteiger charge is -2.06. The molecule has 76 valence electrons. The maximum absolute atomic E-state index is 11.4. The van der Waals surface area contributed by atoms with Gasteiger partial charge in [-0.15, -0.1) is 11.8 Å². The minimum atomic E-state index is 0.160. The fourth-order valence-electron chi connectivity index (χ4n) is 1.26. The third-order valence-electron chi connectivity index (χ3n) is 1.98. The van der Waals surface area contributed by atoms with Crippen LogP contribution in [-0.4, -0.2) is 11.5 Å². The van der Waals surface area contributed by atoms with Crippen molar-refractivity contribution in [3.05, 3.63) is 29.3 Å². The predicted molar refractivity (Wildman–Crippen MR) is 62.2 cm³/mol. The number of thioether (sulfide) groups is 1. The quantitative estimate of drug-likeness (QED) is 0.554. The molecule has 0 aliphatic carbocycles. The van der Waals surface area contributed by atoms with Crippen molar-refractivity contribution in [2.75, 3.05) is 5.75 Å². The van der Waals surface area contributed by atoms with E-state index >= 15 is 0 Å². The van der Waals surface area contributed by atoms with Crippen molar-refractivity contribution < 1.29 is 4.79 Å². The molecule has 0 aliphatic heterocycles. The van der Waals surface area contributed by atoms with Crippen LogP contribution in [0.4, 0.5) is 0 Å². The summed E-state index contributed by atoms with van der Waals surface area (Å²) in [5, 5.41) is 0. The monoisotopic (exact) mass is 208 g/mol. The molecule has 0 fully saturated rings. The van der Waals surface area contributed by atoms with Crippen molar-refractivity contribution in [1.29, 1.82) is 0 Å². The number of carbonyl (C=O) groups is 1. The predicted octanol–water partition coefficient (Wildman–Crippen LogP) is 3.70. The number of ketones is 1. The smallest absolute Gasteiger partial charge is 0.160 e. The van der Waals surface area contributed by atoms with E-state index in [2.05, 4.69) is 13.0 Å². The molecular formula is C12H16OS. The summed E-state index contributed by atoms with van der Waals surface area (Å²) >= 11 is 1.76. The molecule has 0 atom stereocenters. The molecule has 0 heterocycles. The Hall–Kier alpha value is -0.760. The number of rotatable bonds is 4. The van der Waals surface area contributed by atoms with Gasteiger partial charge in [0.2, 0.25) is 0 Å². The van der Waals surface area contributed by atoms with E-state index in [-0.39, 0.29) is 5.78 Å². The van der Waals surface area contributed by atoms with Crippen molar-refractivity contribution in [3.8, 4) is 0 Å². The Labute approximate surface area is 89.9 Å². The number of aryl methyl sites for hydroxylation is 1. The molecular weight excluding hydrogens is 192 g/mol.